The summed E-state index contributed by atoms with van der Waals surface area (Å²) in [4.78, 5) is 13.3. The molecule has 1 unspecified atom stereocenters. The number of carbonyl (C=O) groups is 1. The molecule has 0 fully saturated rings. The maximum absolute atomic E-state index is 11.7. The highest BCUT2D eigenvalue weighted by atomic mass is 35.5. The van der Waals surface area contributed by atoms with Gasteiger partial charge in [-0.15, -0.1) is 0 Å². The number of nitrogens with zero attached hydrogens (tertiary/aromatic N) is 1. The fourth-order valence-corrected chi connectivity index (χ4v) is 1.48. The minimum atomic E-state index is -0.425. The van der Waals surface area contributed by atoms with Crippen molar-refractivity contribution in [2.24, 2.45) is 0 Å². The van der Waals surface area contributed by atoms with Crippen LogP contribution < -0.4 is 4.74 Å². The number of methoxy groups -OCH3 is 1. The topological polar surface area (TPSA) is 38.8 Å². The highest BCUT2D eigenvalue weighted by Crippen LogP contribution is 2.15. The average molecular weight is 272 g/mol. The molecule has 0 saturated heterocycles. The Hall–Kier alpha value is -1.26. The van der Waals surface area contributed by atoms with E-state index in [1.807, 2.05) is 0 Å². The number of halogens is 1. The van der Waals surface area contributed by atoms with E-state index in [1.54, 1.807) is 43.1 Å². The smallest absolute Gasteiger partial charge is 0.251 e. The first-order chi connectivity index (χ1) is 8.54. The van der Waals surface area contributed by atoms with E-state index in [2.05, 4.69) is 0 Å². The minimum Gasteiger partial charge on any atom is -0.492 e. The van der Waals surface area contributed by atoms with Crippen LogP contribution in [0.4, 0.5) is 0 Å². The fourth-order valence-electron chi connectivity index (χ4n) is 1.35. The lowest BCUT2D eigenvalue weighted by atomic mass is 10.3. The summed E-state index contributed by atoms with van der Waals surface area (Å²) in [6, 6.07) is 7.11. The fraction of sp³-hybridized carbons (Fsp3) is 0.462. The molecule has 100 valence electrons. The summed E-state index contributed by atoms with van der Waals surface area (Å²) in [5, 5.41) is 0.670. The monoisotopic (exact) mass is 271 g/mol. The molecule has 1 atom stereocenters. The first-order valence-electron chi connectivity index (χ1n) is 5.70. The molecule has 0 heterocycles. The van der Waals surface area contributed by atoms with Crippen LogP contribution in [0.2, 0.25) is 5.02 Å². The van der Waals surface area contributed by atoms with Gasteiger partial charge in [0.25, 0.3) is 5.91 Å². The van der Waals surface area contributed by atoms with Crippen LogP contribution in [0.25, 0.3) is 0 Å². The van der Waals surface area contributed by atoms with Crippen LogP contribution in [-0.4, -0.2) is 44.2 Å². The molecule has 0 aliphatic carbocycles. The molecule has 0 N–H and O–H groups in total. The Labute approximate surface area is 112 Å². The number of ether oxygens (including phenoxy) is 2. The predicted octanol–water partition coefficient (Wildman–Crippen LogP) is 2.21. The van der Waals surface area contributed by atoms with Gasteiger partial charge in [0.05, 0.1) is 6.54 Å². The van der Waals surface area contributed by atoms with E-state index in [1.165, 1.54) is 7.11 Å². The Kier molecular flexibility index (Phi) is 5.95. The molecule has 1 aromatic carbocycles. The van der Waals surface area contributed by atoms with Gasteiger partial charge in [0.1, 0.15) is 18.5 Å². The number of likely N-dealkylation sites (N-methyl/N-ethyl adjacent to an activating group) is 1. The first kappa shape index (κ1) is 14.8. The summed E-state index contributed by atoms with van der Waals surface area (Å²) in [5.41, 5.74) is 0. The number of rotatable bonds is 6. The zero-order valence-corrected chi connectivity index (χ0v) is 11.6. The van der Waals surface area contributed by atoms with Crippen molar-refractivity contribution in [2.75, 3.05) is 27.3 Å². The third-order valence-corrected chi connectivity index (χ3v) is 2.84. The van der Waals surface area contributed by atoms with E-state index in [9.17, 15) is 4.79 Å². The Balaban J connectivity index is 2.33. The van der Waals surface area contributed by atoms with E-state index in [0.29, 0.717) is 18.2 Å². The molecule has 18 heavy (non-hydrogen) atoms. The Morgan fingerprint density at radius 2 is 2.00 bits per heavy atom. The van der Waals surface area contributed by atoms with Crippen molar-refractivity contribution >= 4 is 17.5 Å². The van der Waals surface area contributed by atoms with Crippen molar-refractivity contribution in [1.82, 2.24) is 4.90 Å². The molecule has 0 bridgehead atoms. The van der Waals surface area contributed by atoms with Crippen molar-refractivity contribution in [3.8, 4) is 5.75 Å². The van der Waals surface area contributed by atoms with Crippen LogP contribution in [0.1, 0.15) is 6.92 Å². The van der Waals surface area contributed by atoms with E-state index >= 15 is 0 Å². The average Bonchev–Trinajstić information content (AvgIpc) is 2.39. The summed E-state index contributed by atoms with van der Waals surface area (Å²) in [7, 11) is 3.24. The normalized spacial score (nSPS) is 12.0. The lowest BCUT2D eigenvalue weighted by molar-refractivity contribution is -0.139. The van der Waals surface area contributed by atoms with Gasteiger partial charge in [-0.25, -0.2) is 0 Å². The molecule has 5 heteroatoms. The second-order valence-electron chi connectivity index (χ2n) is 3.94. The molecule has 0 aromatic heterocycles. The molecule has 1 rings (SSSR count). The Morgan fingerprint density at radius 3 is 2.56 bits per heavy atom. The van der Waals surface area contributed by atoms with Gasteiger partial charge >= 0.3 is 0 Å². The number of benzene rings is 1. The zero-order valence-electron chi connectivity index (χ0n) is 10.9. The molecule has 4 nitrogen and oxygen atoms in total. The van der Waals surface area contributed by atoms with Gasteiger partial charge in [0.2, 0.25) is 0 Å². The van der Waals surface area contributed by atoms with Gasteiger partial charge in [0.15, 0.2) is 0 Å². The van der Waals surface area contributed by atoms with E-state index in [-0.39, 0.29) is 5.91 Å². The summed E-state index contributed by atoms with van der Waals surface area (Å²) in [6.45, 7) is 2.66. The molecule has 0 radical (unpaired) electrons. The largest absolute Gasteiger partial charge is 0.492 e. The number of hydrogen-bond acceptors (Lipinski definition) is 3. The van der Waals surface area contributed by atoms with Gasteiger partial charge in [0, 0.05) is 19.2 Å². The SMILES string of the molecule is COC(C)C(=O)N(C)CCOc1ccc(Cl)cc1. The third-order valence-electron chi connectivity index (χ3n) is 2.59. The summed E-state index contributed by atoms with van der Waals surface area (Å²) in [5.74, 6) is 0.678. The maximum Gasteiger partial charge on any atom is 0.251 e. The van der Waals surface area contributed by atoms with Gasteiger partial charge in [-0.05, 0) is 31.2 Å². The van der Waals surface area contributed by atoms with Crippen molar-refractivity contribution in [3.05, 3.63) is 29.3 Å². The van der Waals surface area contributed by atoms with E-state index in [0.717, 1.165) is 5.75 Å². The molecule has 1 amide bonds. The van der Waals surface area contributed by atoms with Crippen molar-refractivity contribution in [1.29, 1.82) is 0 Å². The standard InChI is InChI=1S/C13H18ClNO3/c1-10(17-3)13(16)15(2)8-9-18-12-6-4-11(14)5-7-12/h4-7,10H,8-9H2,1-3H3. The molecule has 0 aliphatic heterocycles. The maximum atomic E-state index is 11.7. The summed E-state index contributed by atoms with van der Waals surface area (Å²) in [6.07, 6.45) is -0.425. The Morgan fingerprint density at radius 1 is 1.39 bits per heavy atom. The predicted molar refractivity (Wildman–Crippen MR) is 71.1 cm³/mol. The van der Waals surface area contributed by atoms with Gasteiger partial charge in [-0.2, -0.15) is 0 Å². The molecular weight excluding hydrogens is 254 g/mol. The second-order valence-corrected chi connectivity index (χ2v) is 4.38. The van der Waals surface area contributed by atoms with Gasteiger partial charge in [-0.1, -0.05) is 11.6 Å². The van der Waals surface area contributed by atoms with Crippen molar-refractivity contribution in [2.45, 2.75) is 13.0 Å². The highest BCUT2D eigenvalue weighted by Gasteiger charge is 2.16. The number of hydrogen-bond donors (Lipinski definition) is 0. The quantitative estimate of drug-likeness (QED) is 0.796. The lowest BCUT2D eigenvalue weighted by Gasteiger charge is -2.20. The van der Waals surface area contributed by atoms with Crippen molar-refractivity contribution < 1.29 is 14.3 Å². The lowest BCUT2D eigenvalue weighted by Crippen LogP contribution is -2.38. The van der Waals surface area contributed by atoms with Gasteiger partial charge < -0.3 is 14.4 Å². The zero-order chi connectivity index (χ0) is 13.5. The Bertz CT molecular complexity index is 380. The van der Waals surface area contributed by atoms with Crippen molar-refractivity contribution in [3.63, 3.8) is 0 Å². The number of amides is 1. The van der Waals surface area contributed by atoms with Gasteiger partial charge in [-0.3, -0.25) is 4.79 Å². The van der Waals surface area contributed by atoms with Crippen LogP contribution in [-0.2, 0) is 9.53 Å². The molecule has 1 aromatic rings. The molecule has 0 spiro atoms. The van der Waals surface area contributed by atoms with Crippen LogP contribution in [0.3, 0.4) is 0 Å². The third kappa shape index (κ3) is 4.55. The summed E-state index contributed by atoms with van der Waals surface area (Å²) < 4.78 is 10.5. The van der Waals surface area contributed by atoms with Crippen LogP contribution in [0, 0.1) is 0 Å². The highest BCUT2D eigenvalue weighted by molar-refractivity contribution is 6.30. The van der Waals surface area contributed by atoms with E-state index in [4.69, 9.17) is 21.1 Å². The first-order valence-corrected chi connectivity index (χ1v) is 6.08. The number of carbonyl (C=O) groups excluding carboxylic acids is 1. The summed E-state index contributed by atoms with van der Waals surface area (Å²) >= 11 is 5.77. The van der Waals surface area contributed by atoms with Crippen LogP contribution in [0.15, 0.2) is 24.3 Å². The molecular formula is C13H18ClNO3. The van der Waals surface area contributed by atoms with Crippen LogP contribution >= 0.6 is 11.6 Å². The van der Waals surface area contributed by atoms with Crippen LogP contribution in [0.5, 0.6) is 5.75 Å². The molecule has 0 aliphatic rings. The molecule has 0 saturated carbocycles. The minimum absolute atomic E-state index is 0.0581. The van der Waals surface area contributed by atoms with E-state index < -0.39 is 6.10 Å². The second kappa shape index (κ2) is 7.24.